The summed E-state index contributed by atoms with van der Waals surface area (Å²) in [4.78, 5) is 25.3. The van der Waals surface area contributed by atoms with Gasteiger partial charge in [0.1, 0.15) is 5.69 Å². The first kappa shape index (κ1) is 22.1. The topological polar surface area (TPSA) is 90.1 Å². The molecule has 3 heterocycles. The fraction of sp³-hybridized carbons (Fsp3) is 0.560. The van der Waals surface area contributed by atoms with Crippen LogP contribution in [0.4, 0.5) is 5.69 Å². The first-order chi connectivity index (χ1) is 15.9. The number of carbonyl (C=O) groups is 1. The Bertz CT molecular complexity index is 1170. The molecule has 1 fully saturated rings. The molecule has 176 valence electrons. The summed E-state index contributed by atoms with van der Waals surface area (Å²) in [5.41, 5.74) is 7.23. The summed E-state index contributed by atoms with van der Waals surface area (Å²) in [6.45, 7) is 8.99. The lowest BCUT2D eigenvalue weighted by atomic mass is 9.85. The van der Waals surface area contributed by atoms with E-state index in [9.17, 15) is 4.79 Å². The van der Waals surface area contributed by atoms with Crippen LogP contribution in [0.3, 0.4) is 0 Å². The van der Waals surface area contributed by atoms with Gasteiger partial charge in [0.15, 0.2) is 5.82 Å². The van der Waals surface area contributed by atoms with Crippen molar-refractivity contribution in [2.45, 2.75) is 52.6 Å². The van der Waals surface area contributed by atoms with Crippen LogP contribution in [0.1, 0.15) is 43.5 Å². The number of imidazole rings is 1. The van der Waals surface area contributed by atoms with E-state index in [4.69, 9.17) is 9.72 Å². The molecule has 0 saturated carbocycles. The van der Waals surface area contributed by atoms with Crippen LogP contribution in [0.25, 0.3) is 22.6 Å². The number of aromatic amines is 2. The molecule has 2 N–H and O–H groups in total. The standard InChI is InChI=1S/C25H34N6O2/c1-5-17-6-7-19-18(11-17)24(29-28-19)25-26-20-10-15(2)22(12-21(20)27-25)30(4)23(32)14-31-8-9-33-16(3)13-31/h10,12,16-17H,5-9,11,13-14H2,1-4H3,(H,26,27)(H,28,29)/t16-,17+/m1/s1. The average molecular weight is 451 g/mol. The minimum Gasteiger partial charge on any atom is -0.376 e. The minimum absolute atomic E-state index is 0.0780. The van der Waals surface area contributed by atoms with Gasteiger partial charge in [-0.05, 0) is 56.7 Å². The van der Waals surface area contributed by atoms with Gasteiger partial charge in [0.2, 0.25) is 5.91 Å². The normalized spacial score (nSPS) is 21.3. The van der Waals surface area contributed by atoms with E-state index in [0.29, 0.717) is 19.1 Å². The van der Waals surface area contributed by atoms with E-state index in [-0.39, 0.29) is 12.0 Å². The summed E-state index contributed by atoms with van der Waals surface area (Å²) in [7, 11) is 1.85. The first-order valence-corrected chi connectivity index (χ1v) is 12.1. The van der Waals surface area contributed by atoms with Crippen LogP contribution in [0.2, 0.25) is 0 Å². The molecule has 0 radical (unpaired) electrons. The molecule has 1 aliphatic heterocycles. The Hall–Kier alpha value is -2.71. The van der Waals surface area contributed by atoms with Crippen LogP contribution in [0.15, 0.2) is 12.1 Å². The Morgan fingerprint density at radius 2 is 2.21 bits per heavy atom. The van der Waals surface area contributed by atoms with Crippen molar-refractivity contribution >= 4 is 22.6 Å². The fourth-order valence-corrected chi connectivity index (χ4v) is 5.20. The van der Waals surface area contributed by atoms with Gasteiger partial charge in [-0.25, -0.2) is 4.98 Å². The maximum absolute atomic E-state index is 13.0. The number of nitrogens with zero attached hydrogens (tertiary/aromatic N) is 4. The Morgan fingerprint density at radius 1 is 1.36 bits per heavy atom. The van der Waals surface area contributed by atoms with Gasteiger partial charge >= 0.3 is 0 Å². The number of nitrogens with one attached hydrogen (secondary N) is 2. The molecule has 0 unspecified atom stereocenters. The predicted octanol–water partition coefficient (Wildman–Crippen LogP) is 3.46. The van der Waals surface area contributed by atoms with Crippen LogP contribution in [-0.2, 0) is 22.4 Å². The SMILES string of the molecule is CC[C@H]1CCc2[nH]nc(-c3nc4cc(N(C)C(=O)CN5CCO[C@H](C)C5)c(C)cc4[nH]3)c2C1. The van der Waals surface area contributed by atoms with E-state index >= 15 is 0 Å². The molecular formula is C25H34N6O2. The Labute approximate surface area is 194 Å². The van der Waals surface area contributed by atoms with Gasteiger partial charge in [0.05, 0.1) is 30.3 Å². The highest BCUT2D eigenvalue weighted by Gasteiger charge is 2.26. The van der Waals surface area contributed by atoms with E-state index in [1.807, 2.05) is 27.0 Å². The molecule has 2 aliphatic rings. The van der Waals surface area contributed by atoms with Crippen LogP contribution in [0, 0.1) is 12.8 Å². The zero-order chi connectivity index (χ0) is 23.1. The molecule has 0 spiro atoms. The van der Waals surface area contributed by atoms with E-state index < -0.39 is 0 Å². The summed E-state index contributed by atoms with van der Waals surface area (Å²) in [5, 5.41) is 7.85. The van der Waals surface area contributed by atoms with Gasteiger partial charge in [-0.3, -0.25) is 14.8 Å². The molecule has 8 heteroatoms. The molecule has 1 aliphatic carbocycles. The summed E-state index contributed by atoms with van der Waals surface area (Å²) >= 11 is 0. The largest absolute Gasteiger partial charge is 0.376 e. The minimum atomic E-state index is 0.0780. The van der Waals surface area contributed by atoms with Gasteiger partial charge in [0.25, 0.3) is 0 Å². The number of hydrogen-bond donors (Lipinski definition) is 2. The maximum Gasteiger partial charge on any atom is 0.240 e. The molecular weight excluding hydrogens is 416 g/mol. The van der Waals surface area contributed by atoms with Crippen LogP contribution >= 0.6 is 0 Å². The Kier molecular flexibility index (Phi) is 5.97. The molecule has 8 nitrogen and oxygen atoms in total. The molecule has 2 aromatic heterocycles. The molecule has 2 atom stereocenters. The predicted molar refractivity (Wildman–Crippen MR) is 129 cm³/mol. The van der Waals surface area contributed by atoms with Crippen molar-refractivity contribution in [3.8, 4) is 11.5 Å². The van der Waals surface area contributed by atoms with Crippen LogP contribution in [0.5, 0.6) is 0 Å². The summed E-state index contributed by atoms with van der Waals surface area (Å²) < 4.78 is 5.60. The van der Waals surface area contributed by atoms with Crippen molar-refractivity contribution in [1.82, 2.24) is 25.1 Å². The number of rotatable bonds is 5. The molecule has 1 aromatic carbocycles. The van der Waals surface area contributed by atoms with Crippen molar-refractivity contribution in [2.24, 2.45) is 5.92 Å². The Morgan fingerprint density at radius 3 is 3.00 bits per heavy atom. The van der Waals surface area contributed by atoms with E-state index in [1.165, 1.54) is 24.1 Å². The highest BCUT2D eigenvalue weighted by Crippen LogP contribution is 2.34. The summed E-state index contributed by atoms with van der Waals surface area (Å²) in [5.74, 6) is 1.59. The van der Waals surface area contributed by atoms with Crippen LogP contribution in [-0.4, -0.2) is 70.4 Å². The third-order valence-electron chi connectivity index (χ3n) is 7.27. The number of aryl methyl sites for hydroxylation is 2. The number of likely N-dealkylation sites (N-methyl/N-ethyl adjacent to an activating group) is 1. The lowest BCUT2D eigenvalue weighted by Gasteiger charge is -2.32. The van der Waals surface area contributed by atoms with E-state index in [1.54, 1.807) is 4.90 Å². The number of ether oxygens (including phenoxy) is 1. The lowest BCUT2D eigenvalue weighted by Crippen LogP contribution is -2.46. The second-order valence-electron chi connectivity index (χ2n) is 9.66. The second kappa shape index (κ2) is 8.91. The number of carbonyl (C=O) groups excluding carboxylic acids is 1. The highest BCUT2D eigenvalue weighted by molar-refractivity contribution is 5.97. The number of fused-ring (bicyclic) bond motifs is 2. The van der Waals surface area contributed by atoms with Crippen molar-refractivity contribution in [1.29, 1.82) is 0 Å². The Balaban J connectivity index is 1.40. The zero-order valence-electron chi connectivity index (χ0n) is 20.1. The molecule has 3 aromatic rings. The number of aromatic nitrogens is 4. The number of anilines is 1. The van der Waals surface area contributed by atoms with Crippen molar-refractivity contribution in [2.75, 3.05) is 38.2 Å². The molecule has 1 saturated heterocycles. The third-order valence-corrected chi connectivity index (χ3v) is 7.27. The third kappa shape index (κ3) is 4.29. The number of morpholine rings is 1. The second-order valence-corrected chi connectivity index (χ2v) is 9.66. The number of amides is 1. The number of hydrogen-bond acceptors (Lipinski definition) is 5. The van der Waals surface area contributed by atoms with Gasteiger partial charge < -0.3 is 14.6 Å². The summed E-state index contributed by atoms with van der Waals surface area (Å²) in [6, 6.07) is 4.09. The average Bonchev–Trinajstić information content (AvgIpc) is 3.40. The van der Waals surface area contributed by atoms with Gasteiger partial charge in [0, 0.05) is 37.1 Å². The maximum atomic E-state index is 13.0. The highest BCUT2D eigenvalue weighted by atomic mass is 16.5. The van der Waals surface area contributed by atoms with Crippen molar-refractivity contribution in [3.05, 3.63) is 29.0 Å². The molecule has 33 heavy (non-hydrogen) atoms. The fourth-order valence-electron chi connectivity index (χ4n) is 5.20. The molecule has 1 amide bonds. The van der Waals surface area contributed by atoms with Gasteiger partial charge in [-0.15, -0.1) is 0 Å². The van der Waals surface area contributed by atoms with Crippen LogP contribution < -0.4 is 4.90 Å². The first-order valence-electron chi connectivity index (χ1n) is 12.1. The van der Waals surface area contributed by atoms with Crippen molar-refractivity contribution < 1.29 is 9.53 Å². The lowest BCUT2D eigenvalue weighted by molar-refractivity contribution is -0.121. The monoisotopic (exact) mass is 450 g/mol. The number of H-pyrrole nitrogens is 2. The van der Waals surface area contributed by atoms with E-state index in [2.05, 4.69) is 33.1 Å². The molecule has 0 bridgehead atoms. The number of benzene rings is 1. The van der Waals surface area contributed by atoms with Gasteiger partial charge in [-0.2, -0.15) is 5.10 Å². The zero-order valence-corrected chi connectivity index (χ0v) is 20.1. The van der Waals surface area contributed by atoms with E-state index in [0.717, 1.165) is 59.7 Å². The van der Waals surface area contributed by atoms with Gasteiger partial charge in [-0.1, -0.05) is 13.3 Å². The smallest absolute Gasteiger partial charge is 0.240 e. The summed E-state index contributed by atoms with van der Waals surface area (Å²) in [6.07, 6.45) is 4.68. The van der Waals surface area contributed by atoms with Crippen molar-refractivity contribution in [3.63, 3.8) is 0 Å². The quantitative estimate of drug-likeness (QED) is 0.621. The molecule has 5 rings (SSSR count).